The molecule has 0 aliphatic heterocycles. The van der Waals surface area contributed by atoms with Crippen LogP contribution in [-0.2, 0) is 57.2 Å². The van der Waals surface area contributed by atoms with Gasteiger partial charge in [-0.05, 0) is 38.5 Å². The summed E-state index contributed by atoms with van der Waals surface area (Å²) >= 11 is 0. The van der Waals surface area contributed by atoms with Gasteiger partial charge in [0.25, 0.3) is 0 Å². The van der Waals surface area contributed by atoms with Gasteiger partial charge < -0.3 is 28.4 Å². The average molecular weight is 1780 g/mol. The van der Waals surface area contributed by atoms with E-state index in [4.69, 9.17) is 28.4 Å². The standard InChI is InChI=1S/C114H218O12/c1-5-9-13-17-21-25-29-33-37-41-45-49-55-61-67-73-79-85-91-97-109(115)121-103-107(125-113(119)101-95-89-83-77-71-65-59-51-47-43-39-35-31-27-23-19-15-11-7-3)105-123-111(117)99-93-87-81-75-69-63-57-53-54-58-64-70-76-82-88-94-100-112(118)124-106-108(126-114(120)102-96-90-84-78-72-66-60-52-48-44-40-36-32-28-24-20-16-12-8-4)104-122-110(116)98-92-86-80-74-68-62-56-50-46-42-38-34-30-26-22-18-14-10-6-2/h107-108H,5-106H2,1-4H3. The van der Waals surface area contributed by atoms with Crippen LogP contribution in [0.1, 0.15) is 657 Å². The Hall–Kier alpha value is -3.18. The molecule has 0 amide bonds. The van der Waals surface area contributed by atoms with Gasteiger partial charge in [-0.3, -0.25) is 28.8 Å². The second-order valence-electron chi connectivity index (χ2n) is 39.6. The highest BCUT2D eigenvalue weighted by Gasteiger charge is 2.22. The number of unbranched alkanes of at least 4 members (excludes halogenated alkanes) is 87. The molecule has 0 heterocycles. The summed E-state index contributed by atoms with van der Waals surface area (Å²) in [5.74, 6) is -1.78. The molecule has 2 unspecified atom stereocenters. The maximum atomic E-state index is 13.1. The summed E-state index contributed by atoms with van der Waals surface area (Å²) in [6, 6.07) is 0. The summed E-state index contributed by atoms with van der Waals surface area (Å²) in [6.45, 7) is 8.79. The van der Waals surface area contributed by atoms with Crippen LogP contribution in [0.3, 0.4) is 0 Å². The van der Waals surface area contributed by atoms with Crippen molar-refractivity contribution in [2.75, 3.05) is 26.4 Å². The molecule has 12 nitrogen and oxygen atoms in total. The van der Waals surface area contributed by atoms with E-state index in [1.807, 2.05) is 0 Å². The Morgan fingerprint density at radius 1 is 0.127 bits per heavy atom. The third-order valence-corrected chi connectivity index (χ3v) is 26.8. The molecule has 0 rings (SSSR count). The topological polar surface area (TPSA) is 158 Å². The lowest BCUT2D eigenvalue weighted by Gasteiger charge is -2.18. The highest BCUT2D eigenvalue weighted by Crippen LogP contribution is 2.24. The summed E-state index contributed by atoms with van der Waals surface area (Å²) in [5.41, 5.74) is 0. The van der Waals surface area contributed by atoms with E-state index in [9.17, 15) is 28.8 Å². The Bertz CT molecular complexity index is 2050. The summed E-state index contributed by atoms with van der Waals surface area (Å²) in [5, 5.41) is 0. The number of hydrogen-bond donors (Lipinski definition) is 0. The molecule has 0 aliphatic carbocycles. The van der Waals surface area contributed by atoms with Gasteiger partial charge in [0, 0.05) is 38.5 Å². The summed E-state index contributed by atoms with van der Waals surface area (Å²) in [7, 11) is 0. The van der Waals surface area contributed by atoms with Crippen LogP contribution < -0.4 is 0 Å². The number of carbonyl (C=O) groups excluding carboxylic acids is 6. The van der Waals surface area contributed by atoms with Crippen molar-refractivity contribution in [3.8, 4) is 0 Å². The van der Waals surface area contributed by atoms with Gasteiger partial charge in [-0.15, -0.1) is 0 Å². The van der Waals surface area contributed by atoms with Crippen LogP contribution in [0.25, 0.3) is 0 Å². The lowest BCUT2D eigenvalue weighted by Crippen LogP contribution is -2.30. The third-order valence-electron chi connectivity index (χ3n) is 26.8. The fraction of sp³-hybridized carbons (Fsp3) is 0.947. The number of rotatable bonds is 109. The smallest absolute Gasteiger partial charge is 0.306 e. The van der Waals surface area contributed by atoms with E-state index >= 15 is 0 Å². The van der Waals surface area contributed by atoms with Gasteiger partial charge in [-0.1, -0.05) is 580 Å². The highest BCUT2D eigenvalue weighted by molar-refractivity contribution is 5.72. The van der Waals surface area contributed by atoms with E-state index in [0.717, 1.165) is 116 Å². The van der Waals surface area contributed by atoms with E-state index in [-0.39, 0.29) is 62.2 Å². The molecule has 0 aromatic heterocycles. The van der Waals surface area contributed by atoms with E-state index in [2.05, 4.69) is 27.7 Å². The molecule has 0 aromatic carbocycles. The van der Waals surface area contributed by atoms with Crippen LogP contribution in [0.5, 0.6) is 0 Å². The Morgan fingerprint density at radius 2 is 0.214 bits per heavy atom. The van der Waals surface area contributed by atoms with Gasteiger partial charge in [0.05, 0.1) is 0 Å². The van der Waals surface area contributed by atoms with Crippen LogP contribution in [0, 0.1) is 0 Å². The molecule has 0 aromatic rings. The molecule has 0 aliphatic rings. The average Bonchev–Trinajstić information content (AvgIpc) is 0.945. The van der Waals surface area contributed by atoms with Crippen LogP contribution in [0.15, 0.2) is 0 Å². The van der Waals surface area contributed by atoms with Crippen LogP contribution in [-0.4, -0.2) is 74.5 Å². The van der Waals surface area contributed by atoms with E-state index in [1.54, 1.807) is 0 Å². The second-order valence-corrected chi connectivity index (χ2v) is 39.6. The molecule has 2 atom stereocenters. The Labute approximate surface area is 784 Å². The number of ether oxygens (including phenoxy) is 6. The quantitative estimate of drug-likeness (QED) is 0.0323. The molecule has 0 saturated heterocycles. The van der Waals surface area contributed by atoms with Crippen molar-refractivity contribution in [3.05, 3.63) is 0 Å². The molecule has 0 radical (unpaired) electrons. The lowest BCUT2D eigenvalue weighted by molar-refractivity contribution is -0.167. The van der Waals surface area contributed by atoms with Crippen LogP contribution in [0.2, 0.25) is 0 Å². The van der Waals surface area contributed by atoms with E-state index < -0.39 is 12.2 Å². The number of esters is 6. The van der Waals surface area contributed by atoms with Crippen LogP contribution in [0.4, 0.5) is 0 Å². The first-order chi connectivity index (χ1) is 62.1. The zero-order valence-electron chi connectivity index (χ0n) is 85.2. The molecular formula is C114H218O12. The monoisotopic (exact) mass is 1780 g/mol. The number of hydrogen-bond acceptors (Lipinski definition) is 12. The van der Waals surface area contributed by atoms with Crippen molar-refractivity contribution in [2.24, 2.45) is 0 Å². The highest BCUT2D eigenvalue weighted by atomic mass is 16.6. The minimum atomic E-state index is -0.801. The minimum absolute atomic E-state index is 0.0890. The van der Waals surface area contributed by atoms with Gasteiger partial charge in [-0.2, -0.15) is 0 Å². The van der Waals surface area contributed by atoms with Gasteiger partial charge in [0.1, 0.15) is 26.4 Å². The van der Waals surface area contributed by atoms with Crippen molar-refractivity contribution in [1.82, 2.24) is 0 Å². The fourth-order valence-electron chi connectivity index (χ4n) is 18.2. The zero-order chi connectivity index (χ0) is 91.0. The molecule has 0 saturated carbocycles. The van der Waals surface area contributed by atoms with Crippen molar-refractivity contribution >= 4 is 35.8 Å². The van der Waals surface area contributed by atoms with Crippen LogP contribution >= 0.6 is 0 Å². The molecule has 0 fully saturated rings. The maximum Gasteiger partial charge on any atom is 0.306 e. The third kappa shape index (κ3) is 103. The van der Waals surface area contributed by atoms with Gasteiger partial charge in [0.15, 0.2) is 12.2 Å². The molecule has 126 heavy (non-hydrogen) atoms. The first-order valence-electron chi connectivity index (χ1n) is 57.2. The van der Waals surface area contributed by atoms with E-state index in [1.165, 1.54) is 475 Å². The minimum Gasteiger partial charge on any atom is -0.462 e. The largest absolute Gasteiger partial charge is 0.462 e. The molecule has 0 spiro atoms. The Morgan fingerprint density at radius 3 is 0.317 bits per heavy atom. The van der Waals surface area contributed by atoms with Gasteiger partial charge in [0.2, 0.25) is 0 Å². The SMILES string of the molecule is CCCCCCCCCCCCCCCCCCCCCC(=O)OCC(COC(=O)CCCCCCCCCCCCCCCCCCC(=O)OCC(COC(=O)CCCCCCCCCCCCCCCCCCCCC)OC(=O)CCCCCCCCCCCCCCCCCCCCC)OC(=O)CCCCCCCCCCCCCCCCCCCCC. The molecule has 0 bridgehead atoms. The normalized spacial score (nSPS) is 12.0. The first kappa shape index (κ1) is 123. The van der Waals surface area contributed by atoms with Gasteiger partial charge in [-0.25, -0.2) is 0 Å². The van der Waals surface area contributed by atoms with Crippen molar-refractivity contribution in [2.45, 2.75) is 669 Å². The molecule has 0 N–H and O–H groups in total. The van der Waals surface area contributed by atoms with E-state index in [0.29, 0.717) is 38.5 Å². The second kappa shape index (κ2) is 107. The van der Waals surface area contributed by atoms with Gasteiger partial charge >= 0.3 is 35.8 Å². The predicted octanol–water partition coefficient (Wildman–Crippen LogP) is 37.3. The Kier molecular flexibility index (Phi) is 104. The summed E-state index contributed by atoms with van der Waals surface area (Å²) < 4.78 is 34.3. The lowest BCUT2D eigenvalue weighted by atomic mass is 10.0. The summed E-state index contributed by atoms with van der Waals surface area (Å²) in [4.78, 5) is 77.9. The molecule has 12 heteroatoms. The molecular weight excluding hydrogens is 1560 g/mol. The van der Waals surface area contributed by atoms with Crippen molar-refractivity contribution in [3.63, 3.8) is 0 Å². The molecule has 746 valence electrons. The first-order valence-corrected chi connectivity index (χ1v) is 57.2. The Balaban J connectivity index is 4.61. The fourth-order valence-corrected chi connectivity index (χ4v) is 18.2. The number of carbonyl (C=O) groups is 6. The van der Waals surface area contributed by atoms with Crippen molar-refractivity contribution in [1.29, 1.82) is 0 Å². The maximum absolute atomic E-state index is 13.1. The predicted molar refractivity (Wildman–Crippen MR) is 539 cm³/mol. The summed E-state index contributed by atoms with van der Waals surface area (Å²) in [6.07, 6.45) is 117. The zero-order valence-corrected chi connectivity index (χ0v) is 85.2. The van der Waals surface area contributed by atoms with Crippen molar-refractivity contribution < 1.29 is 57.2 Å².